The first-order valence-corrected chi connectivity index (χ1v) is 11.0. The molecule has 9 nitrogen and oxygen atoms in total. The van der Waals surface area contributed by atoms with E-state index in [0.717, 1.165) is 22.7 Å². The molecule has 2 N–H and O–H groups in total. The molecule has 4 rings (SSSR count). The molecule has 0 aliphatic carbocycles. The molecule has 0 bridgehead atoms. The zero-order valence-electron chi connectivity index (χ0n) is 17.7. The van der Waals surface area contributed by atoms with Crippen LogP contribution in [0.1, 0.15) is 22.0 Å². The summed E-state index contributed by atoms with van der Waals surface area (Å²) < 4.78 is 6.63. The minimum absolute atomic E-state index is 0.130. The predicted molar refractivity (Wildman–Crippen MR) is 122 cm³/mol. The molecule has 2 heterocycles. The largest absolute Gasteiger partial charge is 0.465 e. The Balaban J connectivity index is 1.34. The van der Waals surface area contributed by atoms with Crippen LogP contribution in [0, 0.1) is 0 Å². The summed E-state index contributed by atoms with van der Waals surface area (Å²) in [5.74, 6) is 1.08. The fraction of sp³-hybridized carbons (Fsp3) is 0.227. The Morgan fingerprint density at radius 1 is 1.09 bits per heavy atom. The van der Waals surface area contributed by atoms with E-state index in [0.29, 0.717) is 29.2 Å². The van der Waals surface area contributed by atoms with Gasteiger partial charge in [0, 0.05) is 19.9 Å². The van der Waals surface area contributed by atoms with E-state index in [2.05, 4.69) is 25.5 Å². The maximum absolute atomic E-state index is 12.4. The van der Waals surface area contributed by atoms with Crippen LogP contribution in [0.3, 0.4) is 0 Å². The number of carbonyl (C=O) groups is 2. The number of nitrogens with one attached hydrogen (secondary N) is 2. The molecule has 0 fully saturated rings. The first-order chi connectivity index (χ1) is 15.5. The van der Waals surface area contributed by atoms with Crippen molar-refractivity contribution in [3.63, 3.8) is 0 Å². The lowest BCUT2D eigenvalue weighted by molar-refractivity contribution is -0.113. The summed E-state index contributed by atoms with van der Waals surface area (Å²) >= 11 is 1.28. The molecule has 0 saturated heterocycles. The quantitative estimate of drug-likeness (QED) is 0.313. The molecular weight excluding hydrogens is 428 g/mol. The number of thioether (sulfide) groups is 1. The molecule has 4 aromatic rings. The molecular formula is C22H22N6O3S. The second-order valence-electron chi connectivity index (χ2n) is 7.03. The van der Waals surface area contributed by atoms with Gasteiger partial charge in [-0.2, -0.15) is 0 Å². The topological polar surface area (TPSA) is 115 Å². The lowest BCUT2D eigenvalue weighted by Gasteiger charge is -2.09. The van der Waals surface area contributed by atoms with Crippen molar-refractivity contribution in [1.82, 2.24) is 24.7 Å². The van der Waals surface area contributed by atoms with Gasteiger partial charge >= 0.3 is 5.97 Å². The summed E-state index contributed by atoms with van der Waals surface area (Å²) in [5, 5.41) is 11.8. The van der Waals surface area contributed by atoms with Crippen molar-refractivity contribution >= 4 is 40.4 Å². The number of aromatic nitrogens is 5. The lowest BCUT2D eigenvalue weighted by atomic mass is 10.2. The van der Waals surface area contributed by atoms with Crippen LogP contribution in [0.4, 0.5) is 5.69 Å². The molecule has 2 aromatic heterocycles. The second kappa shape index (κ2) is 9.65. The van der Waals surface area contributed by atoms with Gasteiger partial charge in [0.15, 0.2) is 5.16 Å². The summed E-state index contributed by atoms with van der Waals surface area (Å²) in [6.07, 6.45) is 1.37. The molecule has 0 aliphatic rings. The smallest absolute Gasteiger partial charge is 0.339 e. The van der Waals surface area contributed by atoms with Crippen LogP contribution in [0.25, 0.3) is 11.0 Å². The molecule has 0 atom stereocenters. The normalized spacial score (nSPS) is 10.9. The molecule has 0 saturated carbocycles. The highest BCUT2D eigenvalue weighted by Gasteiger charge is 2.15. The molecule has 0 unspecified atom stereocenters. The lowest BCUT2D eigenvalue weighted by Crippen LogP contribution is -2.17. The Labute approximate surface area is 188 Å². The van der Waals surface area contributed by atoms with E-state index in [4.69, 9.17) is 4.74 Å². The fourth-order valence-corrected chi connectivity index (χ4v) is 3.97. The van der Waals surface area contributed by atoms with E-state index in [-0.39, 0.29) is 11.7 Å². The zero-order valence-corrected chi connectivity index (χ0v) is 18.5. The first-order valence-electron chi connectivity index (χ1n) is 9.97. The molecule has 0 radical (unpaired) electrons. The Kier molecular flexibility index (Phi) is 6.50. The number of esters is 1. The van der Waals surface area contributed by atoms with Gasteiger partial charge in [0.2, 0.25) is 5.91 Å². The van der Waals surface area contributed by atoms with Crippen LogP contribution < -0.4 is 5.32 Å². The minimum atomic E-state index is -0.504. The third-order valence-corrected chi connectivity index (χ3v) is 5.91. The number of para-hydroxylation sites is 3. The third-order valence-electron chi connectivity index (χ3n) is 4.89. The number of ether oxygens (including phenoxy) is 1. The van der Waals surface area contributed by atoms with Crippen molar-refractivity contribution in [3.8, 4) is 0 Å². The number of benzene rings is 2. The first kappa shape index (κ1) is 21.6. The maximum Gasteiger partial charge on any atom is 0.339 e. The number of carbonyl (C=O) groups excluding carboxylic acids is 2. The van der Waals surface area contributed by atoms with Gasteiger partial charge in [0.25, 0.3) is 0 Å². The maximum atomic E-state index is 12.4. The van der Waals surface area contributed by atoms with Gasteiger partial charge in [-0.15, -0.1) is 10.2 Å². The monoisotopic (exact) mass is 450 g/mol. The van der Waals surface area contributed by atoms with Gasteiger partial charge in [0.1, 0.15) is 11.6 Å². The van der Waals surface area contributed by atoms with E-state index >= 15 is 0 Å². The predicted octanol–water partition coefficient (Wildman–Crippen LogP) is 2.99. The molecule has 32 heavy (non-hydrogen) atoms. The summed E-state index contributed by atoms with van der Waals surface area (Å²) in [5.41, 5.74) is 2.67. The van der Waals surface area contributed by atoms with Crippen molar-refractivity contribution in [2.75, 3.05) is 18.2 Å². The van der Waals surface area contributed by atoms with Crippen molar-refractivity contribution in [2.45, 2.75) is 18.0 Å². The van der Waals surface area contributed by atoms with Gasteiger partial charge in [-0.1, -0.05) is 36.0 Å². The van der Waals surface area contributed by atoms with E-state index < -0.39 is 5.97 Å². The van der Waals surface area contributed by atoms with Gasteiger partial charge in [-0.25, -0.2) is 9.78 Å². The number of nitrogens with zero attached hydrogens (tertiary/aromatic N) is 4. The van der Waals surface area contributed by atoms with Crippen LogP contribution in [0.5, 0.6) is 0 Å². The number of imidazole rings is 1. The molecule has 164 valence electrons. The van der Waals surface area contributed by atoms with Crippen molar-refractivity contribution in [3.05, 3.63) is 65.7 Å². The Morgan fingerprint density at radius 3 is 2.69 bits per heavy atom. The number of methoxy groups -OCH3 is 1. The van der Waals surface area contributed by atoms with Crippen LogP contribution >= 0.6 is 11.8 Å². The number of anilines is 1. The highest BCUT2D eigenvalue weighted by molar-refractivity contribution is 7.99. The van der Waals surface area contributed by atoms with Crippen LogP contribution in [-0.4, -0.2) is 49.5 Å². The zero-order chi connectivity index (χ0) is 22.5. The summed E-state index contributed by atoms with van der Waals surface area (Å²) in [6, 6.07) is 14.6. The van der Waals surface area contributed by atoms with Crippen molar-refractivity contribution < 1.29 is 14.3 Å². The number of H-pyrrole nitrogens is 1. The van der Waals surface area contributed by atoms with Gasteiger partial charge in [-0.3, -0.25) is 4.79 Å². The van der Waals surface area contributed by atoms with Crippen LogP contribution in [-0.2, 0) is 29.4 Å². The van der Waals surface area contributed by atoms with Gasteiger partial charge < -0.3 is 19.6 Å². The van der Waals surface area contributed by atoms with Crippen LogP contribution in [0.15, 0.2) is 53.7 Å². The number of fused-ring (bicyclic) bond motifs is 1. The average molecular weight is 451 g/mol. The third kappa shape index (κ3) is 4.80. The molecule has 10 heteroatoms. The van der Waals surface area contributed by atoms with Crippen molar-refractivity contribution in [2.24, 2.45) is 7.05 Å². The van der Waals surface area contributed by atoms with E-state index in [9.17, 15) is 9.59 Å². The van der Waals surface area contributed by atoms with Crippen molar-refractivity contribution in [1.29, 1.82) is 0 Å². The summed E-state index contributed by atoms with van der Waals surface area (Å²) in [7, 11) is 3.18. The number of hydrogen-bond acceptors (Lipinski definition) is 7. The fourth-order valence-electron chi connectivity index (χ4n) is 3.24. The Bertz CT molecular complexity index is 1230. The van der Waals surface area contributed by atoms with Crippen LogP contribution in [0.2, 0.25) is 0 Å². The van der Waals surface area contributed by atoms with Gasteiger partial charge in [-0.05, 0) is 24.3 Å². The molecule has 0 aliphatic heterocycles. The highest BCUT2D eigenvalue weighted by Crippen LogP contribution is 2.20. The second-order valence-corrected chi connectivity index (χ2v) is 7.97. The Morgan fingerprint density at radius 2 is 1.88 bits per heavy atom. The average Bonchev–Trinajstić information content (AvgIpc) is 3.38. The van der Waals surface area contributed by atoms with E-state index in [1.54, 1.807) is 24.3 Å². The molecule has 2 aromatic carbocycles. The number of aryl methyl sites for hydroxylation is 2. The number of amides is 1. The van der Waals surface area contributed by atoms with E-state index in [1.807, 2.05) is 35.9 Å². The SMILES string of the molecule is COC(=O)c1ccccc1NC(=O)CSc1nnc(CCc2nc3ccccc3[nH]2)n1C. The number of aromatic amines is 1. The summed E-state index contributed by atoms with van der Waals surface area (Å²) in [4.78, 5) is 32.2. The molecule has 1 amide bonds. The standard InChI is InChI=1S/C22H22N6O3S/c1-28-19(12-11-18-23-16-9-5-6-10-17(16)24-18)26-27-22(28)32-13-20(29)25-15-8-4-3-7-14(15)21(30)31-2/h3-10H,11-13H2,1-2H3,(H,23,24)(H,25,29). The number of hydrogen-bond donors (Lipinski definition) is 2. The minimum Gasteiger partial charge on any atom is -0.465 e. The van der Waals surface area contributed by atoms with E-state index in [1.165, 1.54) is 18.9 Å². The Hall–Kier alpha value is -3.66. The highest BCUT2D eigenvalue weighted by atomic mass is 32.2. The van der Waals surface area contributed by atoms with Gasteiger partial charge in [0.05, 0.1) is 35.1 Å². The number of rotatable bonds is 8. The molecule has 0 spiro atoms. The summed E-state index contributed by atoms with van der Waals surface area (Å²) in [6.45, 7) is 0.